The lowest BCUT2D eigenvalue weighted by atomic mass is 10.2. The molecule has 0 radical (unpaired) electrons. The van der Waals surface area contributed by atoms with Crippen LogP contribution in [-0.4, -0.2) is 35.5 Å². The number of hydrogen-bond acceptors (Lipinski definition) is 5. The molecule has 0 bridgehead atoms. The van der Waals surface area contributed by atoms with Gasteiger partial charge in [-0.15, -0.1) is 11.8 Å². The SMILES string of the molecule is CCOC(=O)Cn1cc(SC(CC)C(=O)OC)c2ccccc21. The van der Waals surface area contributed by atoms with E-state index < -0.39 is 0 Å². The molecule has 124 valence electrons. The zero-order chi connectivity index (χ0) is 16.8. The summed E-state index contributed by atoms with van der Waals surface area (Å²) in [7, 11) is 1.40. The molecule has 1 atom stereocenters. The highest BCUT2D eigenvalue weighted by Crippen LogP contribution is 2.34. The number of ether oxygens (including phenoxy) is 2. The normalized spacial score (nSPS) is 12.1. The summed E-state index contributed by atoms with van der Waals surface area (Å²) in [4.78, 5) is 24.6. The summed E-state index contributed by atoms with van der Waals surface area (Å²) in [5.41, 5.74) is 0.947. The Morgan fingerprint density at radius 1 is 1.26 bits per heavy atom. The Morgan fingerprint density at radius 3 is 2.65 bits per heavy atom. The average Bonchev–Trinajstić information content (AvgIpc) is 2.90. The molecule has 1 heterocycles. The number of methoxy groups -OCH3 is 1. The van der Waals surface area contributed by atoms with Crippen molar-refractivity contribution >= 4 is 34.6 Å². The first-order valence-corrected chi connectivity index (χ1v) is 8.46. The smallest absolute Gasteiger partial charge is 0.325 e. The second kappa shape index (κ2) is 8.06. The van der Waals surface area contributed by atoms with Crippen LogP contribution in [-0.2, 0) is 25.6 Å². The van der Waals surface area contributed by atoms with Crippen molar-refractivity contribution in [3.63, 3.8) is 0 Å². The van der Waals surface area contributed by atoms with Gasteiger partial charge in [0.15, 0.2) is 0 Å². The van der Waals surface area contributed by atoms with E-state index in [0.29, 0.717) is 13.0 Å². The number of fused-ring (bicyclic) bond motifs is 1. The van der Waals surface area contributed by atoms with Crippen molar-refractivity contribution in [2.75, 3.05) is 13.7 Å². The number of para-hydroxylation sites is 1. The summed E-state index contributed by atoms with van der Waals surface area (Å²) in [6.07, 6.45) is 2.58. The molecule has 0 spiro atoms. The highest BCUT2D eigenvalue weighted by atomic mass is 32.2. The van der Waals surface area contributed by atoms with Crippen LogP contribution in [0.15, 0.2) is 35.4 Å². The Kier molecular flexibility index (Phi) is 6.10. The van der Waals surface area contributed by atoms with Crippen molar-refractivity contribution in [3.05, 3.63) is 30.5 Å². The van der Waals surface area contributed by atoms with E-state index in [4.69, 9.17) is 9.47 Å². The topological polar surface area (TPSA) is 57.5 Å². The molecule has 6 heteroatoms. The van der Waals surface area contributed by atoms with Crippen molar-refractivity contribution in [3.8, 4) is 0 Å². The van der Waals surface area contributed by atoms with Gasteiger partial charge in [-0.25, -0.2) is 0 Å². The predicted octanol–water partition coefficient (Wildman–Crippen LogP) is 3.25. The number of aromatic nitrogens is 1. The molecule has 0 saturated heterocycles. The lowest BCUT2D eigenvalue weighted by Crippen LogP contribution is -2.17. The van der Waals surface area contributed by atoms with E-state index in [-0.39, 0.29) is 23.7 Å². The van der Waals surface area contributed by atoms with E-state index in [9.17, 15) is 9.59 Å². The fourth-order valence-corrected chi connectivity index (χ4v) is 3.52. The molecule has 2 rings (SSSR count). The summed E-state index contributed by atoms with van der Waals surface area (Å²) in [5, 5.41) is 0.756. The minimum atomic E-state index is -0.273. The summed E-state index contributed by atoms with van der Waals surface area (Å²) >= 11 is 1.46. The summed E-state index contributed by atoms with van der Waals surface area (Å²) in [6, 6.07) is 7.82. The molecule has 0 fully saturated rings. The maximum atomic E-state index is 11.8. The first-order chi connectivity index (χ1) is 11.1. The van der Waals surface area contributed by atoms with Crippen molar-refractivity contribution in [1.82, 2.24) is 4.57 Å². The summed E-state index contributed by atoms with van der Waals surface area (Å²) in [5.74, 6) is -0.510. The maximum absolute atomic E-state index is 11.8. The monoisotopic (exact) mass is 335 g/mol. The van der Waals surface area contributed by atoms with Crippen LogP contribution in [0.5, 0.6) is 0 Å². The molecule has 1 unspecified atom stereocenters. The maximum Gasteiger partial charge on any atom is 0.325 e. The van der Waals surface area contributed by atoms with Gasteiger partial charge in [-0.2, -0.15) is 0 Å². The van der Waals surface area contributed by atoms with Crippen LogP contribution < -0.4 is 0 Å². The van der Waals surface area contributed by atoms with E-state index >= 15 is 0 Å². The van der Waals surface area contributed by atoms with Crippen LogP contribution in [0.1, 0.15) is 20.3 Å². The minimum absolute atomic E-state index is 0.157. The van der Waals surface area contributed by atoms with Gasteiger partial charge < -0.3 is 14.0 Å². The van der Waals surface area contributed by atoms with Gasteiger partial charge in [0, 0.05) is 22.0 Å². The van der Waals surface area contributed by atoms with E-state index in [1.807, 2.05) is 42.0 Å². The Labute approximate surface area is 139 Å². The lowest BCUT2D eigenvalue weighted by molar-refractivity contribution is -0.143. The Hall–Kier alpha value is -1.95. The van der Waals surface area contributed by atoms with Crippen LogP contribution in [0, 0.1) is 0 Å². The standard InChI is InChI=1S/C17H21NO4S/c1-4-14(17(20)21-3)23-15-10-18(11-16(19)22-5-2)13-9-7-6-8-12(13)15/h6-10,14H,4-5,11H2,1-3H3. The first-order valence-electron chi connectivity index (χ1n) is 7.58. The number of carbonyl (C=O) groups excluding carboxylic acids is 2. The molecule has 1 aromatic carbocycles. The van der Waals surface area contributed by atoms with Gasteiger partial charge in [-0.05, 0) is 19.4 Å². The lowest BCUT2D eigenvalue weighted by Gasteiger charge is -2.10. The molecule has 0 aliphatic rings. The average molecular weight is 335 g/mol. The second-order valence-electron chi connectivity index (χ2n) is 4.98. The van der Waals surface area contributed by atoms with Gasteiger partial charge in [0.05, 0.1) is 13.7 Å². The minimum Gasteiger partial charge on any atom is -0.468 e. The molecule has 0 amide bonds. The molecule has 0 aliphatic carbocycles. The zero-order valence-electron chi connectivity index (χ0n) is 13.6. The molecule has 2 aromatic rings. The quantitative estimate of drug-likeness (QED) is 0.574. The zero-order valence-corrected chi connectivity index (χ0v) is 14.4. The van der Waals surface area contributed by atoms with Crippen LogP contribution >= 0.6 is 11.8 Å². The van der Waals surface area contributed by atoms with E-state index in [1.54, 1.807) is 6.92 Å². The van der Waals surface area contributed by atoms with Gasteiger partial charge in [0.1, 0.15) is 11.8 Å². The van der Waals surface area contributed by atoms with Crippen LogP contribution in [0.25, 0.3) is 10.9 Å². The van der Waals surface area contributed by atoms with E-state index in [2.05, 4.69) is 0 Å². The van der Waals surface area contributed by atoms with Crippen LogP contribution in [0.4, 0.5) is 0 Å². The predicted molar refractivity (Wildman–Crippen MR) is 90.5 cm³/mol. The third-order valence-electron chi connectivity index (χ3n) is 3.46. The fraction of sp³-hybridized carbons (Fsp3) is 0.412. The van der Waals surface area contributed by atoms with Crippen LogP contribution in [0.3, 0.4) is 0 Å². The molecule has 0 saturated carbocycles. The molecule has 1 aromatic heterocycles. The van der Waals surface area contributed by atoms with Gasteiger partial charge in [-0.1, -0.05) is 25.1 Å². The second-order valence-corrected chi connectivity index (χ2v) is 6.23. The van der Waals surface area contributed by atoms with Crippen molar-refractivity contribution in [2.45, 2.75) is 37.0 Å². The third-order valence-corrected chi connectivity index (χ3v) is 4.85. The number of carbonyl (C=O) groups is 2. The fourth-order valence-electron chi connectivity index (χ4n) is 2.37. The molecular formula is C17H21NO4S. The summed E-state index contributed by atoms with van der Waals surface area (Å²) in [6.45, 7) is 4.26. The van der Waals surface area contributed by atoms with Crippen molar-refractivity contribution in [2.24, 2.45) is 0 Å². The van der Waals surface area contributed by atoms with Gasteiger partial charge in [0.25, 0.3) is 0 Å². The Bertz CT molecular complexity index is 695. The molecular weight excluding hydrogens is 314 g/mol. The largest absolute Gasteiger partial charge is 0.468 e. The number of rotatable bonds is 7. The highest BCUT2D eigenvalue weighted by Gasteiger charge is 2.21. The van der Waals surface area contributed by atoms with Gasteiger partial charge in [-0.3, -0.25) is 9.59 Å². The van der Waals surface area contributed by atoms with Crippen molar-refractivity contribution in [1.29, 1.82) is 0 Å². The molecule has 5 nitrogen and oxygen atoms in total. The Balaban J connectivity index is 2.33. The number of thioether (sulfide) groups is 1. The highest BCUT2D eigenvalue weighted by molar-refractivity contribution is 8.00. The molecule has 23 heavy (non-hydrogen) atoms. The Morgan fingerprint density at radius 2 is 2.00 bits per heavy atom. The number of esters is 2. The number of benzene rings is 1. The number of nitrogens with zero attached hydrogens (tertiary/aromatic N) is 1. The summed E-state index contributed by atoms with van der Waals surface area (Å²) < 4.78 is 11.7. The van der Waals surface area contributed by atoms with Gasteiger partial charge >= 0.3 is 11.9 Å². The van der Waals surface area contributed by atoms with E-state index in [0.717, 1.165) is 15.8 Å². The number of hydrogen-bond donors (Lipinski definition) is 0. The van der Waals surface area contributed by atoms with Crippen molar-refractivity contribution < 1.29 is 19.1 Å². The van der Waals surface area contributed by atoms with E-state index in [1.165, 1.54) is 18.9 Å². The first kappa shape index (κ1) is 17.4. The van der Waals surface area contributed by atoms with Gasteiger partial charge in [0.2, 0.25) is 0 Å². The molecule has 0 aliphatic heterocycles. The van der Waals surface area contributed by atoms with Crippen LogP contribution in [0.2, 0.25) is 0 Å². The third kappa shape index (κ3) is 4.07. The molecule has 0 N–H and O–H groups in total.